The zero-order chi connectivity index (χ0) is 17.9. The Morgan fingerprint density at radius 1 is 1.04 bits per heavy atom. The molecular weight excluding hydrogens is 337 g/mol. The summed E-state index contributed by atoms with van der Waals surface area (Å²) in [7, 11) is 1.74. The van der Waals surface area contributed by atoms with E-state index in [2.05, 4.69) is 30.8 Å². The van der Waals surface area contributed by atoms with Crippen molar-refractivity contribution in [3.63, 3.8) is 0 Å². The van der Waals surface area contributed by atoms with Crippen LogP contribution < -0.4 is 10.6 Å². The van der Waals surface area contributed by atoms with Crippen molar-refractivity contribution in [3.8, 4) is 11.6 Å². The van der Waals surface area contributed by atoms with E-state index in [0.717, 1.165) is 12.1 Å². The molecule has 0 aliphatic carbocycles. The van der Waals surface area contributed by atoms with Crippen LogP contribution in [0.2, 0.25) is 0 Å². The van der Waals surface area contributed by atoms with Crippen molar-refractivity contribution in [1.82, 2.24) is 25.5 Å². The monoisotopic (exact) mass is 350 g/mol. The maximum Gasteiger partial charge on any atom is 0.416 e. The lowest BCUT2D eigenvalue weighted by molar-refractivity contribution is -0.137. The molecule has 0 atom stereocenters. The van der Waals surface area contributed by atoms with Gasteiger partial charge in [-0.05, 0) is 31.3 Å². The van der Waals surface area contributed by atoms with Crippen LogP contribution in [0.3, 0.4) is 0 Å². The summed E-state index contributed by atoms with van der Waals surface area (Å²) in [4.78, 5) is 8.29. The fourth-order valence-corrected chi connectivity index (χ4v) is 2.04. The van der Waals surface area contributed by atoms with Gasteiger partial charge in [0.25, 0.3) is 5.89 Å². The second-order valence-corrected chi connectivity index (χ2v) is 4.98. The predicted molar refractivity (Wildman–Crippen MR) is 82.8 cm³/mol. The van der Waals surface area contributed by atoms with Crippen molar-refractivity contribution < 1.29 is 17.6 Å². The lowest BCUT2D eigenvalue weighted by Gasteiger charge is -2.10. The second-order valence-electron chi connectivity index (χ2n) is 4.98. The van der Waals surface area contributed by atoms with Gasteiger partial charge in [0, 0.05) is 18.1 Å². The van der Waals surface area contributed by atoms with Gasteiger partial charge >= 0.3 is 6.18 Å². The molecule has 2 heterocycles. The first-order valence-electron chi connectivity index (χ1n) is 7.20. The van der Waals surface area contributed by atoms with Crippen LogP contribution in [0, 0.1) is 0 Å². The molecule has 2 aromatic heterocycles. The van der Waals surface area contributed by atoms with Crippen LogP contribution in [0.4, 0.5) is 24.7 Å². The lowest BCUT2D eigenvalue weighted by Crippen LogP contribution is -2.05. The van der Waals surface area contributed by atoms with Crippen LogP contribution in [0.5, 0.6) is 0 Å². The largest absolute Gasteiger partial charge is 0.418 e. The smallest absolute Gasteiger partial charge is 0.416 e. The zero-order valence-electron chi connectivity index (χ0n) is 13.0. The van der Waals surface area contributed by atoms with E-state index in [4.69, 9.17) is 4.42 Å². The number of hydrogen-bond acceptors (Lipinski definition) is 7. The number of alkyl halides is 3. The third kappa shape index (κ3) is 3.91. The van der Waals surface area contributed by atoms with Gasteiger partial charge in [0.2, 0.25) is 5.89 Å². The highest BCUT2D eigenvalue weighted by Gasteiger charge is 2.30. The van der Waals surface area contributed by atoms with Crippen molar-refractivity contribution in [2.75, 3.05) is 12.4 Å². The van der Waals surface area contributed by atoms with Crippen LogP contribution >= 0.6 is 0 Å². The number of benzene rings is 1. The van der Waals surface area contributed by atoms with Gasteiger partial charge in [0.1, 0.15) is 0 Å². The van der Waals surface area contributed by atoms with E-state index in [9.17, 15) is 13.2 Å². The van der Waals surface area contributed by atoms with Crippen molar-refractivity contribution in [3.05, 3.63) is 48.1 Å². The molecule has 2 N–H and O–H groups in total. The minimum atomic E-state index is -4.39. The van der Waals surface area contributed by atoms with Crippen LogP contribution in [0.25, 0.3) is 11.6 Å². The van der Waals surface area contributed by atoms with Crippen LogP contribution in [0.15, 0.2) is 41.1 Å². The maximum absolute atomic E-state index is 12.6. The van der Waals surface area contributed by atoms with Gasteiger partial charge in [-0.2, -0.15) is 13.2 Å². The van der Waals surface area contributed by atoms with Gasteiger partial charge in [0.15, 0.2) is 11.5 Å². The molecule has 0 fully saturated rings. The molecule has 3 rings (SSSR count). The number of aromatic nitrogens is 4. The molecule has 0 amide bonds. The molecule has 10 heteroatoms. The average Bonchev–Trinajstić information content (AvgIpc) is 3.04. The van der Waals surface area contributed by atoms with Crippen LogP contribution in [-0.4, -0.2) is 27.2 Å². The van der Waals surface area contributed by atoms with E-state index in [1.807, 2.05) is 0 Å². The van der Waals surface area contributed by atoms with E-state index in [-0.39, 0.29) is 5.89 Å². The van der Waals surface area contributed by atoms with E-state index < -0.39 is 11.7 Å². The first kappa shape index (κ1) is 16.8. The Morgan fingerprint density at radius 2 is 1.76 bits per heavy atom. The summed E-state index contributed by atoms with van der Waals surface area (Å²) >= 11 is 0. The number of halogens is 3. The Hall–Kier alpha value is -3.01. The number of anilines is 2. The highest BCUT2D eigenvalue weighted by atomic mass is 19.4. The number of rotatable bonds is 5. The molecule has 1 aromatic carbocycles. The molecule has 0 saturated heterocycles. The first-order valence-corrected chi connectivity index (χ1v) is 7.20. The van der Waals surface area contributed by atoms with E-state index in [0.29, 0.717) is 29.6 Å². The van der Waals surface area contributed by atoms with Gasteiger partial charge in [-0.3, -0.25) is 0 Å². The SMILES string of the molecule is CNCc1nnc(-c2nccnc2Nc2ccc(C(F)(F)F)cc2)o1. The molecular formula is C15H13F3N6O. The minimum absolute atomic E-state index is 0.160. The third-order valence-electron chi connectivity index (χ3n) is 3.17. The summed E-state index contributed by atoms with van der Waals surface area (Å²) in [5.41, 5.74) is -0.00649. The predicted octanol–water partition coefficient (Wildman–Crippen LogP) is 3.01. The Labute approximate surface area is 140 Å². The van der Waals surface area contributed by atoms with Crippen LogP contribution in [-0.2, 0) is 12.7 Å². The highest BCUT2D eigenvalue weighted by molar-refractivity contribution is 5.70. The molecule has 25 heavy (non-hydrogen) atoms. The number of hydrogen-bond donors (Lipinski definition) is 2. The van der Waals surface area contributed by atoms with Crippen molar-refractivity contribution in [2.24, 2.45) is 0 Å². The second kappa shape index (κ2) is 6.85. The summed E-state index contributed by atoms with van der Waals surface area (Å²) in [6.45, 7) is 0.398. The molecule has 0 aliphatic heterocycles. The zero-order valence-corrected chi connectivity index (χ0v) is 13.0. The summed E-state index contributed by atoms with van der Waals surface area (Å²) in [5.74, 6) is 0.832. The molecule has 0 radical (unpaired) electrons. The molecule has 3 aromatic rings. The number of nitrogens with zero attached hydrogens (tertiary/aromatic N) is 4. The molecule has 0 spiro atoms. The third-order valence-corrected chi connectivity index (χ3v) is 3.17. The Morgan fingerprint density at radius 3 is 2.44 bits per heavy atom. The van der Waals surface area contributed by atoms with Gasteiger partial charge in [0.05, 0.1) is 12.1 Å². The standard InChI is InChI=1S/C15H13F3N6O/c1-19-8-11-23-24-14(25-11)12-13(21-7-6-20-12)22-10-4-2-9(3-5-10)15(16,17)18/h2-7,19H,8H2,1H3,(H,21,22). The van der Waals surface area contributed by atoms with Crippen molar-refractivity contribution in [1.29, 1.82) is 0 Å². The van der Waals surface area contributed by atoms with Gasteiger partial charge < -0.3 is 15.1 Å². The molecule has 130 valence electrons. The summed E-state index contributed by atoms with van der Waals surface area (Å²) in [6.07, 6.45) is -1.49. The van der Waals surface area contributed by atoms with E-state index >= 15 is 0 Å². The highest BCUT2D eigenvalue weighted by Crippen LogP contribution is 2.31. The van der Waals surface area contributed by atoms with Gasteiger partial charge in [-0.1, -0.05) is 0 Å². The Kier molecular flexibility index (Phi) is 4.61. The van der Waals surface area contributed by atoms with Crippen molar-refractivity contribution in [2.45, 2.75) is 12.7 Å². The van der Waals surface area contributed by atoms with E-state index in [1.165, 1.54) is 24.5 Å². The molecule has 0 bridgehead atoms. The molecule has 0 saturated carbocycles. The maximum atomic E-state index is 12.6. The number of nitrogens with one attached hydrogen (secondary N) is 2. The van der Waals surface area contributed by atoms with Crippen LogP contribution in [0.1, 0.15) is 11.5 Å². The normalized spacial score (nSPS) is 11.5. The average molecular weight is 350 g/mol. The van der Waals surface area contributed by atoms with E-state index in [1.54, 1.807) is 7.05 Å². The first-order chi connectivity index (χ1) is 12.0. The fourth-order valence-electron chi connectivity index (χ4n) is 2.04. The fraction of sp³-hybridized carbons (Fsp3) is 0.200. The molecule has 7 nitrogen and oxygen atoms in total. The Bertz CT molecular complexity index is 847. The quantitative estimate of drug-likeness (QED) is 0.731. The molecule has 0 unspecified atom stereocenters. The topological polar surface area (TPSA) is 88.8 Å². The summed E-state index contributed by atoms with van der Waals surface area (Å²) in [5, 5.41) is 13.6. The molecule has 0 aliphatic rings. The lowest BCUT2D eigenvalue weighted by atomic mass is 10.2. The Balaban J connectivity index is 1.85. The van der Waals surface area contributed by atoms with Gasteiger partial charge in [-0.25, -0.2) is 9.97 Å². The summed E-state index contributed by atoms with van der Waals surface area (Å²) < 4.78 is 43.3. The van der Waals surface area contributed by atoms with Crippen molar-refractivity contribution >= 4 is 11.5 Å². The minimum Gasteiger partial charge on any atom is -0.418 e. The summed E-state index contributed by atoms with van der Waals surface area (Å²) in [6, 6.07) is 4.58. The van der Waals surface area contributed by atoms with Gasteiger partial charge in [-0.15, -0.1) is 10.2 Å².